The minimum absolute atomic E-state index is 0.0478. The molecule has 0 aromatic heterocycles. The van der Waals surface area contributed by atoms with Crippen LogP contribution in [-0.2, 0) is 0 Å². The maximum atomic E-state index is 12.6. The average Bonchev–Trinajstić information content (AvgIpc) is 2.63. The lowest BCUT2D eigenvalue weighted by Crippen LogP contribution is -2.49. The van der Waals surface area contributed by atoms with Crippen molar-refractivity contribution in [3.63, 3.8) is 0 Å². The summed E-state index contributed by atoms with van der Waals surface area (Å²) in [6.07, 6.45) is 0. The summed E-state index contributed by atoms with van der Waals surface area (Å²) in [5.41, 5.74) is 3.10. The van der Waals surface area contributed by atoms with Gasteiger partial charge in [0, 0.05) is 45.1 Å². The predicted molar refractivity (Wildman–Crippen MR) is 98.5 cm³/mol. The summed E-state index contributed by atoms with van der Waals surface area (Å²) in [6, 6.07) is 18.3. The lowest BCUT2D eigenvalue weighted by atomic mass is 10.0. The SMILES string of the molecule is CN(C)c1cccc(NC(=O)N2CCN[C@@H](c3ccccc3)C2)c1. The molecule has 1 aliphatic heterocycles. The van der Waals surface area contributed by atoms with Gasteiger partial charge in [-0.25, -0.2) is 4.79 Å². The van der Waals surface area contributed by atoms with E-state index in [0.29, 0.717) is 13.1 Å². The molecule has 3 rings (SSSR count). The van der Waals surface area contributed by atoms with E-state index >= 15 is 0 Å². The van der Waals surface area contributed by atoms with Crippen LogP contribution in [0.3, 0.4) is 0 Å². The van der Waals surface area contributed by atoms with Crippen molar-refractivity contribution in [3.05, 3.63) is 60.2 Å². The largest absolute Gasteiger partial charge is 0.378 e. The number of amides is 2. The van der Waals surface area contributed by atoms with Gasteiger partial charge in [0.2, 0.25) is 0 Å². The number of carbonyl (C=O) groups is 1. The Kier molecular flexibility index (Phi) is 5.01. The van der Waals surface area contributed by atoms with E-state index in [2.05, 4.69) is 22.8 Å². The Hall–Kier alpha value is -2.53. The maximum absolute atomic E-state index is 12.6. The first-order valence-electron chi connectivity index (χ1n) is 8.25. The standard InChI is InChI=1S/C19H24N4O/c1-22(2)17-10-6-9-16(13-17)21-19(24)23-12-11-20-18(14-23)15-7-4-3-5-8-15/h3-10,13,18,20H,11-12,14H2,1-2H3,(H,21,24)/t18-/m1/s1. The molecule has 5 heteroatoms. The van der Waals surface area contributed by atoms with E-state index in [1.54, 1.807) is 0 Å². The van der Waals surface area contributed by atoms with Crippen molar-refractivity contribution in [2.24, 2.45) is 0 Å². The zero-order valence-corrected chi connectivity index (χ0v) is 14.2. The fourth-order valence-electron chi connectivity index (χ4n) is 2.91. The van der Waals surface area contributed by atoms with Gasteiger partial charge in [0.1, 0.15) is 0 Å². The van der Waals surface area contributed by atoms with Gasteiger partial charge < -0.3 is 20.4 Å². The molecule has 5 nitrogen and oxygen atoms in total. The lowest BCUT2D eigenvalue weighted by Gasteiger charge is -2.34. The van der Waals surface area contributed by atoms with Gasteiger partial charge in [-0.2, -0.15) is 0 Å². The number of carbonyl (C=O) groups excluding carboxylic acids is 1. The normalized spacial score (nSPS) is 17.4. The van der Waals surface area contributed by atoms with Crippen molar-refractivity contribution < 1.29 is 4.79 Å². The molecule has 126 valence electrons. The zero-order chi connectivity index (χ0) is 16.9. The summed E-state index contributed by atoms with van der Waals surface area (Å²) in [4.78, 5) is 16.5. The average molecular weight is 324 g/mol. The highest BCUT2D eigenvalue weighted by Gasteiger charge is 2.24. The summed E-state index contributed by atoms with van der Waals surface area (Å²) >= 11 is 0. The molecular weight excluding hydrogens is 300 g/mol. The van der Waals surface area contributed by atoms with Crippen LogP contribution in [0, 0.1) is 0 Å². The van der Waals surface area contributed by atoms with Crippen LogP contribution in [0.2, 0.25) is 0 Å². The molecule has 1 fully saturated rings. The molecule has 0 aliphatic carbocycles. The van der Waals surface area contributed by atoms with E-state index in [0.717, 1.165) is 17.9 Å². The van der Waals surface area contributed by atoms with Crippen molar-refractivity contribution >= 4 is 17.4 Å². The minimum Gasteiger partial charge on any atom is -0.378 e. The Balaban J connectivity index is 1.65. The number of hydrogen-bond donors (Lipinski definition) is 2. The van der Waals surface area contributed by atoms with E-state index in [1.807, 2.05) is 66.4 Å². The molecule has 0 saturated carbocycles. The third-order valence-corrected chi connectivity index (χ3v) is 4.28. The zero-order valence-electron chi connectivity index (χ0n) is 14.2. The van der Waals surface area contributed by atoms with Gasteiger partial charge in [-0.3, -0.25) is 0 Å². The highest BCUT2D eigenvalue weighted by Crippen LogP contribution is 2.20. The summed E-state index contributed by atoms with van der Waals surface area (Å²) in [7, 11) is 3.98. The van der Waals surface area contributed by atoms with Crippen molar-refractivity contribution in [2.75, 3.05) is 43.9 Å². The molecular formula is C19H24N4O. The van der Waals surface area contributed by atoms with Crippen LogP contribution in [0.4, 0.5) is 16.2 Å². The smallest absolute Gasteiger partial charge is 0.321 e. The number of rotatable bonds is 3. The van der Waals surface area contributed by atoms with Crippen LogP contribution in [0.5, 0.6) is 0 Å². The Labute approximate surface area is 143 Å². The van der Waals surface area contributed by atoms with Crippen LogP contribution in [0.15, 0.2) is 54.6 Å². The number of nitrogens with zero attached hydrogens (tertiary/aromatic N) is 2. The fourth-order valence-corrected chi connectivity index (χ4v) is 2.91. The molecule has 24 heavy (non-hydrogen) atoms. The molecule has 0 bridgehead atoms. The monoisotopic (exact) mass is 324 g/mol. The number of urea groups is 1. The van der Waals surface area contributed by atoms with E-state index in [-0.39, 0.29) is 12.1 Å². The van der Waals surface area contributed by atoms with E-state index in [4.69, 9.17) is 0 Å². The van der Waals surface area contributed by atoms with Crippen molar-refractivity contribution in [1.29, 1.82) is 0 Å². The number of anilines is 2. The number of hydrogen-bond acceptors (Lipinski definition) is 3. The number of benzene rings is 2. The van der Waals surface area contributed by atoms with Gasteiger partial charge >= 0.3 is 6.03 Å². The Morgan fingerprint density at radius 3 is 2.71 bits per heavy atom. The molecule has 0 spiro atoms. The Morgan fingerprint density at radius 1 is 1.17 bits per heavy atom. The number of nitrogens with one attached hydrogen (secondary N) is 2. The Bertz CT molecular complexity index is 687. The molecule has 1 saturated heterocycles. The second kappa shape index (κ2) is 7.36. The van der Waals surface area contributed by atoms with Crippen molar-refractivity contribution in [2.45, 2.75) is 6.04 Å². The molecule has 0 unspecified atom stereocenters. The Morgan fingerprint density at radius 2 is 1.96 bits per heavy atom. The third-order valence-electron chi connectivity index (χ3n) is 4.28. The fraction of sp³-hybridized carbons (Fsp3) is 0.316. The van der Waals surface area contributed by atoms with Gasteiger partial charge in [0.15, 0.2) is 0 Å². The molecule has 2 aromatic carbocycles. The first-order valence-corrected chi connectivity index (χ1v) is 8.25. The van der Waals surface area contributed by atoms with Gasteiger partial charge in [0.05, 0.1) is 6.04 Å². The molecule has 0 radical (unpaired) electrons. The highest BCUT2D eigenvalue weighted by molar-refractivity contribution is 5.90. The van der Waals surface area contributed by atoms with Gasteiger partial charge in [-0.05, 0) is 23.8 Å². The van der Waals surface area contributed by atoms with Crippen molar-refractivity contribution in [3.8, 4) is 0 Å². The second-order valence-corrected chi connectivity index (χ2v) is 6.24. The van der Waals surface area contributed by atoms with Gasteiger partial charge in [0.25, 0.3) is 0 Å². The third kappa shape index (κ3) is 3.86. The van der Waals surface area contributed by atoms with Crippen LogP contribution in [0.25, 0.3) is 0 Å². The maximum Gasteiger partial charge on any atom is 0.321 e. The van der Waals surface area contributed by atoms with Crippen LogP contribution in [0.1, 0.15) is 11.6 Å². The van der Waals surface area contributed by atoms with Crippen molar-refractivity contribution in [1.82, 2.24) is 10.2 Å². The first-order chi connectivity index (χ1) is 11.6. The van der Waals surface area contributed by atoms with E-state index in [1.165, 1.54) is 5.56 Å². The van der Waals surface area contributed by atoms with E-state index in [9.17, 15) is 4.79 Å². The van der Waals surface area contributed by atoms with Crippen LogP contribution < -0.4 is 15.5 Å². The quantitative estimate of drug-likeness (QED) is 0.912. The summed E-state index contributed by atoms with van der Waals surface area (Å²) < 4.78 is 0. The minimum atomic E-state index is -0.0478. The molecule has 1 aliphatic rings. The summed E-state index contributed by atoms with van der Waals surface area (Å²) in [6.45, 7) is 2.18. The number of piperazine rings is 1. The summed E-state index contributed by atoms with van der Waals surface area (Å²) in [5.74, 6) is 0. The molecule has 1 atom stereocenters. The summed E-state index contributed by atoms with van der Waals surface area (Å²) in [5, 5.41) is 6.49. The first kappa shape index (κ1) is 16.3. The molecule has 2 aromatic rings. The topological polar surface area (TPSA) is 47.6 Å². The second-order valence-electron chi connectivity index (χ2n) is 6.24. The molecule has 2 N–H and O–H groups in total. The van der Waals surface area contributed by atoms with Crippen LogP contribution >= 0.6 is 0 Å². The predicted octanol–water partition coefficient (Wildman–Crippen LogP) is 2.93. The van der Waals surface area contributed by atoms with Gasteiger partial charge in [-0.1, -0.05) is 36.4 Å². The van der Waals surface area contributed by atoms with Crippen LogP contribution in [-0.4, -0.2) is 44.7 Å². The van der Waals surface area contributed by atoms with E-state index < -0.39 is 0 Å². The lowest BCUT2D eigenvalue weighted by molar-refractivity contribution is 0.190. The highest BCUT2D eigenvalue weighted by atomic mass is 16.2. The molecule has 1 heterocycles. The molecule has 2 amide bonds. The van der Waals surface area contributed by atoms with Gasteiger partial charge in [-0.15, -0.1) is 0 Å².